The minimum atomic E-state index is 0.121. The van der Waals surface area contributed by atoms with Gasteiger partial charge in [0.1, 0.15) is 5.82 Å². The van der Waals surface area contributed by atoms with E-state index >= 15 is 0 Å². The fourth-order valence-electron chi connectivity index (χ4n) is 2.71. The Hall–Kier alpha value is -2.18. The molecular weight excluding hydrogens is 268 g/mol. The topological polar surface area (TPSA) is 79.8 Å². The zero-order valence-corrected chi connectivity index (χ0v) is 12.6. The molecule has 0 spiro atoms. The number of aromatic amines is 1. The quantitative estimate of drug-likeness (QED) is 0.930. The number of methoxy groups -OCH3 is 1. The van der Waals surface area contributed by atoms with Gasteiger partial charge in [0.05, 0.1) is 13.2 Å². The van der Waals surface area contributed by atoms with Crippen LogP contribution < -0.4 is 9.64 Å². The number of piperidine rings is 1. The number of hydrogen-bond acceptors (Lipinski definition) is 6. The normalized spacial score (nSPS) is 18.8. The monoisotopic (exact) mass is 288 g/mol. The molecule has 1 unspecified atom stereocenters. The van der Waals surface area contributed by atoms with E-state index < -0.39 is 0 Å². The number of nitrogens with zero attached hydrogens (tertiary/aromatic N) is 5. The SMILES string of the molecule is COc1cc(C)nc(N2CCCCC2c2n[nH]c(C)n2)n1. The molecule has 2 aromatic heterocycles. The zero-order chi connectivity index (χ0) is 14.8. The number of H-pyrrole nitrogens is 1. The summed E-state index contributed by atoms with van der Waals surface area (Å²) in [6.45, 7) is 4.77. The summed E-state index contributed by atoms with van der Waals surface area (Å²) in [5.74, 6) is 2.93. The number of aryl methyl sites for hydroxylation is 2. The molecule has 1 aliphatic rings. The van der Waals surface area contributed by atoms with Crippen LogP contribution in [0.2, 0.25) is 0 Å². The lowest BCUT2D eigenvalue weighted by molar-refractivity contribution is 0.392. The second-order valence-electron chi connectivity index (χ2n) is 5.34. The highest BCUT2D eigenvalue weighted by Crippen LogP contribution is 2.32. The smallest absolute Gasteiger partial charge is 0.229 e. The molecule has 1 atom stereocenters. The Morgan fingerprint density at radius 1 is 1.24 bits per heavy atom. The standard InChI is InChI=1S/C14H20N6O/c1-9-8-12(21-3)17-14(15-9)20-7-5-4-6-11(20)13-16-10(2)18-19-13/h8,11H,4-7H2,1-3H3,(H,16,18,19). The number of rotatable bonds is 3. The highest BCUT2D eigenvalue weighted by molar-refractivity contribution is 5.37. The molecule has 7 heteroatoms. The molecule has 0 saturated carbocycles. The fourth-order valence-corrected chi connectivity index (χ4v) is 2.71. The van der Waals surface area contributed by atoms with Gasteiger partial charge in [-0.05, 0) is 33.1 Å². The summed E-state index contributed by atoms with van der Waals surface area (Å²) < 4.78 is 5.26. The molecule has 7 nitrogen and oxygen atoms in total. The molecule has 21 heavy (non-hydrogen) atoms. The van der Waals surface area contributed by atoms with Gasteiger partial charge in [0.2, 0.25) is 11.8 Å². The van der Waals surface area contributed by atoms with Crippen molar-refractivity contribution in [2.24, 2.45) is 0 Å². The lowest BCUT2D eigenvalue weighted by atomic mass is 10.0. The first-order chi connectivity index (χ1) is 10.2. The van der Waals surface area contributed by atoms with E-state index in [4.69, 9.17) is 4.74 Å². The minimum Gasteiger partial charge on any atom is -0.481 e. The molecular formula is C14H20N6O. The van der Waals surface area contributed by atoms with Gasteiger partial charge in [-0.2, -0.15) is 10.1 Å². The van der Waals surface area contributed by atoms with Gasteiger partial charge in [0.15, 0.2) is 5.82 Å². The van der Waals surface area contributed by atoms with Gasteiger partial charge in [0.25, 0.3) is 0 Å². The maximum atomic E-state index is 5.26. The summed E-state index contributed by atoms with van der Waals surface area (Å²) in [7, 11) is 1.62. The van der Waals surface area contributed by atoms with Crippen LogP contribution in [0, 0.1) is 13.8 Å². The van der Waals surface area contributed by atoms with Crippen molar-refractivity contribution in [2.45, 2.75) is 39.2 Å². The van der Waals surface area contributed by atoms with Crippen LogP contribution >= 0.6 is 0 Å². The van der Waals surface area contributed by atoms with E-state index in [0.29, 0.717) is 11.8 Å². The van der Waals surface area contributed by atoms with Gasteiger partial charge in [0, 0.05) is 18.3 Å². The molecule has 3 heterocycles. The van der Waals surface area contributed by atoms with Crippen LogP contribution in [0.4, 0.5) is 5.95 Å². The largest absolute Gasteiger partial charge is 0.481 e. The summed E-state index contributed by atoms with van der Waals surface area (Å²) in [4.78, 5) is 15.7. The van der Waals surface area contributed by atoms with E-state index in [1.54, 1.807) is 7.11 Å². The van der Waals surface area contributed by atoms with Crippen molar-refractivity contribution in [1.82, 2.24) is 25.1 Å². The number of anilines is 1. The lowest BCUT2D eigenvalue weighted by Crippen LogP contribution is -2.35. The fraction of sp³-hybridized carbons (Fsp3) is 0.571. The highest BCUT2D eigenvalue weighted by atomic mass is 16.5. The first-order valence-electron chi connectivity index (χ1n) is 7.22. The highest BCUT2D eigenvalue weighted by Gasteiger charge is 2.29. The van der Waals surface area contributed by atoms with Crippen molar-refractivity contribution >= 4 is 5.95 Å². The van der Waals surface area contributed by atoms with Crippen LogP contribution in [0.3, 0.4) is 0 Å². The third-order valence-corrected chi connectivity index (χ3v) is 3.70. The number of nitrogens with one attached hydrogen (secondary N) is 1. The first-order valence-corrected chi connectivity index (χ1v) is 7.22. The van der Waals surface area contributed by atoms with Gasteiger partial charge in [-0.1, -0.05) is 0 Å². The molecule has 3 rings (SSSR count). The molecule has 1 saturated heterocycles. The first kappa shape index (κ1) is 13.8. The molecule has 112 valence electrons. The van der Waals surface area contributed by atoms with Crippen molar-refractivity contribution in [2.75, 3.05) is 18.6 Å². The average molecular weight is 288 g/mol. The van der Waals surface area contributed by atoms with Gasteiger partial charge < -0.3 is 9.64 Å². The second kappa shape index (κ2) is 5.67. The molecule has 1 aliphatic heterocycles. The van der Waals surface area contributed by atoms with E-state index in [9.17, 15) is 0 Å². The molecule has 0 aliphatic carbocycles. The lowest BCUT2D eigenvalue weighted by Gasteiger charge is -2.34. The molecule has 0 aromatic carbocycles. The number of hydrogen-bond donors (Lipinski definition) is 1. The van der Waals surface area contributed by atoms with E-state index in [1.807, 2.05) is 19.9 Å². The Kier molecular flexibility index (Phi) is 3.72. The maximum Gasteiger partial charge on any atom is 0.229 e. The molecule has 0 bridgehead atoms. The van der Waals surface area contributed by atoms with Crippen LogP contribution in [-0.2, 0) is 0 Å². The second-order valence-corrected chi connectivity index (χ2v) is 5.34. The summed E-state index contributed by atoms with van der Waals surface area (Å²) in [6.07, 6.45) is 3.30. The van der Waals surface area contributed by atoms with Crippen LogP contribution in [0.1, 0.15) is 42.6 Å². The molecule has 0 amide bonds. The Morgan fingerprint density at radius 3 is 2.81 bits per heavy atom. The Labute approximate surface area is 123 Å². The van der Waals surface area contributed by atoms with Crippen LogP contribution in [-0.4, -0.2) is 38.8 Å². The minimum absolute atomic E-state index is 0.121. The van der Waals surface area contributed by atoms with Crippen LogP contribution in [0.25, 0.3) is 0 Å². The van der Waals surface area contributed by atoms with Crippen molar-refractivity contribution in [3.8, 4) is 5.88 Å². The van der Waals surface area contributed by atoms with E-state index in [0.717, 1.165) is 43.1 Å². The van der Waals surface area contributed by atoms with Crippen molar-refractivity contribution in [3.05, 3.63) is 23.4 Å². The maximum absolute atomic E-state index is 5.26. The third-order valence-electron chi connectivity index (χ3n) is 3.70. The van der Waals surface area contributed by atoms with Gasteiger partial charge in [-0.3, -0.25) is 5.10 Å². The van der Waals surface area contributed by atoms with Crippen molar-refractivity contribution in [1.29, 1.82) is 0 Å². The van der Waals surface area contributed by atoms with Gasteiger partial charge >= 0.3 is 0 Å². The summed E-state index contributed by atoms with van der Waals surface area (Å²) in [5.41, 5.74) is 0.896. The third kappa shape index (κ3) is 2.81. The number of ether oxygens (including phenoxy) is 1. The molecule has 1 fully saturated rings. The Morgan fingerprint density at radius 2 is 2.10 bits per heavy atom. The predicted molar refractivity (Wildman–Crippen MR) is 78.4 cm³/mol. The van der Waals surface area contributed by atoms with E-state index in [-0.39, 0.29) is 6.04 Å². The summed E-state index contributed by atoms with van der Waals surface area (Å²) >= 11 is 0. The van der Waals surface area contributed by atoms with Crippen LogP contribution in [0.15, 0.2) is 6.07 Å². The Balaban J connectivity index is 1.95. The average Bonchev–Trinajstić information content (AvgIpc) is 2.93. The Bertz CT molecular complexity index is 626. The molecule has 0 radical (unpaired) electrons. The summed E-state index contributed by atoms with van der Waals surface area (Å²) in [6, 6.07) is 1.95. The van der Waals surface area contributed by atoms with E-state index in [1.165, 1.54) is 0 Å². The van der Waals surface area contributed by atoms with E-state index in [2.05, 4.69) is 30.0 Å². The molecule has 2 aromatic rings. The van der Waals surface area contributed by atoms with Crippen molar-refractivity contribution < 1.29 is 4.74 Å². The summed E-state index contributed by atoms with van der Waals surface area (Å²) in [5, 5.41) is 7.23. The van der Waals surface area contributed by atoms with Crippen LogP contribution in [0.5, 0.6) is 5.88 Å². The number of aromatic nitrogens is 5. The van der Waals surface area contributed by atoms with Gasteiger partial charge in [-0.25, -0.2) is 9.97 Å². The zero-order valence-electron chi connectivity index (χ0n) is 12.6. The predicted octanol–water partition coefficient (Wildman–Crippen LogP) is 1.95. The molecule has 1 N–H and O–H groups in total. The van der Waals surface area contributed by atoms with Crippen molar-refractivity contribution in [3.63, 3.8) is 0 Å². The van der Waals surface area contributed by atoms with Gasteiger partial charge in [-0.15, -0.1) is 0 Å².